The predicted molar refractivity (Wildman–Crippen MR) is 90.2 cm³/mol. The van der Waals surface area contributed by atoms with Crippen molar-refractivity contribution in [2.24, 2.45) is 0 Å². The first-order chi connectivity index (χ1) is 10.5. The van der Waals surface area contributed by atoms with E-state index in [-0.39, 0.29) is 6.04 Å². The molecule has 1 saturated carbocycles. The molecule has 1 aliphatic heterocycles. The standard InChI is InChI=1S/C16H21ClN2O2S/c17-16-6-2-1-5-13(16)7-10-22(20,21)18-14-11-15(12-14)19-8-3-4-9-19/h1-2,5-7,10,14-15,18H,3-4,8-9,11-12H2. The monoisotopic (exact) mass is 340 g/mol. The van der Waals surface area contributed by atoms with E-state index in [1.54, 1.807) is 18.2 Å². The molecule has 22 heavy (non-hydrogen) atoms. The average Bonchev–Trinajstić information content (AvgIpc) is 2.95. The Labute approximate surface area is 137 Å². The first-order valence-corrected chi connectivity index (χ1v) is 9.65. The summed E-state index contributed by atoms with van der Waals surface area (Å²) >= 11 is 6.02. The number of halogens is 1. The van der Waals surface area contributed by atoms with E-state index >= 15 is 0 Å². The van der Waals surface area contributed by atoms with Gasteiger partial charge in [-0.25, -0.2) is 13.1 Å². The van der Waals surface area contributed by atoms with E-state index < -0.39 is 10.0 Å². The van der Waals surface area contributed by atoms with Crippen LogP contribution in [0.2, 0.25) is 5.02 Å². The van der Waals surface area contributed by atoms with Crippen LogP contribution in [0.15, 0.2) is 29.7 Å². The molecular formula is C16H21ClN2O2S. The minimum absolute atomic E-state index is 0.0616. The van der Waals surface area contributed by atoms with Crippen LogP contribution in [0.5, 0.6) is 0 Å². The topological polar surface area (TPSA) is 49.4 Å². The first-order valence-electron chi connectivity index (χ1n) is 7.72. The fourth-order valence-corrected chi connectivity index (χ4v) is 4.39. The normalized spacial score (nSPS) is 26.4. The Morgan fingerprint density at radius 2 is 1.86 bits per heavy atom. The Morgan fingerprint density at radius 3 is 2.55 bits per heavy atom. The summed E-state index contributed by atoms with van der Waals surface area (Å²) in [6.45, 7) is 2.33. The van der Waals surface area contributed by atoms with E-state index in [2.05, 4.69) is 9.62 Å². The number of benzene rings is 1. The molecule has 0 bridgehead atoms. The van der Waals surface area contributed by atoms with Gasteiger partial charge < -0.3 is 4.90 Å². The van der Waals surface area contributed by atoms with Crippen LogP contribution in [-0.4, -0.2) is 38.5 Å². The average molecular weight is 341 g/mol. The lowest BCUT2D eigenvalue weighted by atomic mass is 9.86. The summed E-state index contributed by atoms with van der Waals surface area (Å²) in [6.07, 6.45) is 5.92. The van der Waals surface area contributed by atoms with Gasteiger partial charge in [-0.2, -0.15) is 0 Å². The Morgan fingerprint density at radius 1 is 1.18 bits per heavy atom. The van der Waals surface area contributed by atoms with Crippen molar-refractivity contribution in [1.82, 2.24) is 9.62 Å². The summed E-state index contributed by atoms with van der Waals surface area (Å²) in [5, 5.41) is 1.75. The number of hydrogen-bond donors (Lipinski definition) is 1. The zero-order valence-corrected chi connectivity index (χ0v) is 14.0. The van der Waals surface area contributed by atoms with Crippen molar-refractivity contribution in [2.45, 2.75) is 37.8 Å². The molecule has 1 N–H and O–H groups in total. The summed E-state index contributed by atoms with van der Waals surface area (Å²) in [6, 6.07) is 7.81. The molecule has 1 aliphatic carbocycles. The lowest BCUT2D eigenvalue weighted by Crippen LogP contribution is -2.52. The molecule has 0 unspecified atom stereocenters. The van der Waals surface area contributed by atoms with Crippen LogP contribution in [-0.2, 0) is 10.0 Å². The van der Waals surface area contributed by atoms with Crippen molar-refractivity contribution in [1.29, 1.82) is 0 Å². The molecule has 3 rings (SSSR count). The molecule has 4 nitrogen and oxygen atoms in total. The molecule has 1 saturated heterocycles. The molecule has 0 radical (unpaired) electrons. The first kappa shape index (κ1) is 16.0. The fourth-order valence-electron chi connectivity index (χ4n) is 3.13. The molecule has 2 fully saturated rings. The molecule has 0 amide bonds. The Bertz CT molecular complexity index is 648. The number of hydrogen-bond acceptors (Lipinski definition) is 3. The highest BCUT2D eigenvalue weighted by atomic mass is 35.5. The Hall–Kier alpha value is -0.880. The third-order valence-corrected chi connectivity index (χ3v) is 5.93. The molecule has 1 aromatic carbocycles. The minimum atomic E-state index is -3.41. The lowest BCUT2D eigenvalue weighted by Gasteiger charge is -2.41. The second-order valence-corrected chi connectivity index (χ2v) is 8.06. The van der Waals surface area contributed by atoms with Gasteiger partial charge in [0.15, 0.2) is 0 Å². The van der Waals surface area contributed by atoms with Crippen molar-refractivity contribution in [3.05, 3.63) is 40.3 Å². The number of rotatable bonds is 5. The SMILES string of the molecule is O=S(=O)(C=Cc1ccccc1Cl)NC1CC(N2CCCC2)C1. The lowest BCUT2D eigenvalue weighted by molar-refractivity contribution is 0.131. The van der Waals surface area contributed by atoms with Crippen LogP contribution < -0.4 is 4.72 Å². The van der Waals surface area contributed by atoms with Gasteiger partial charge in [0, 0.05) is 22.5 Å². The van der Waals surface area contributed by atoms with Gasteiger partial charge in [0.05, 0.1) is 0 Å². The van der Waals surface area contributed by atoms with E-state index in [0.29, 0.717) is 16.6 Å². The van der Waals surface area contributed by atoms with E-state index in [9.17, 15) is 8.42 Å². The van der Waals surface area contributed by atoms with Gasteiger partial charge in [-0.1, -0.05) is 29.8 Å². The summed E-state index contributed by atoms with van der Waals surface area (Å²) in [7, 11) is -3.41. The van der Waals surface area contributed by atoms with E-state index in [0.717, 1.165) is 25.9 Å². The van der Waals surface area contributed by atoms with Gasteiger partial charge >= 0.3 is 0 Å². The maximum atomic E-state index is 12.1. The molecule has 0 aromatic heterocycles. The van der Waals surface area contributed by atoms with Crippen molar-refractivity contribution in [2.75, 3.05) is 13.1 Å². The van der Waals surface area contributed by atoms with Crippen LogP contribution in [0.4, 0.5) is 0 Å². The third-order valence-electron chi connectivity index (χ3n) is 4.43. The highest BCUT2D eigenvalue weighted by Crippen LogP contribution is 2.29. The number of likely N-dealkylation sites (tertiary alicyclic amines) is 1. The molecule has 1 heterocycles. The van der Waals surface area contributed by atoms with Gasteiger partial charge in [0.1, 0.15) is 0 Å². The van der Waals surface area contributed by atoms with Crippen LogP contribution in [0.1, 0.15) is 31.2 Å². The Balaban J connectivity index is 1.53. The zero-order chi connectivity index (χ0) is 15.6. The van der Waals surface area contributed by atoms with E-state index in [1.807, 2.05) is 12.1 Å². The van der Waals surface area contributed by atoms with Crippen molar-refractivity contribution in [3.63, 3.8) is 0 Å². The van der Waals surface area contributed by atoms with Crippen molar-refractivity contribution >= 4 is 27.7 Å². The van der Waals surface area contributed by atoms with Gasteiger partial charge in [0.2, 0.25) is 10.0 Å². The Kier molecular flexibility index (Phi) is 4.88. The summed E-state index contributed by atoms with van der Waals surface area (Å²) < 4.78 is 26.9. The second-order valence-electron chi connectivity index (χ2n) is 6.05. The summed E-state index contributed by atoms with van der Waals surface area (Å²) in [4.78, 5) is 2.48. The summed E-state index contributed by atoms with van der Waals surface area (Å²) in [5.41, 5.74) is 0.707. The van der Waals surface area contributed by atoms with Gasteiger partial charge in [-0.3, -0.25) is 0 Å². The van der Waals surface area contributed by atoms with Crippen LogP contribution in [0.3, 0.4) is 0 Å². The molecule has 0 atom stereocenters. The highest BCUT2D eigenvalue weighted by Gasteiger charge is 2.36. The number of nitrogens with one attached hydrogen (secondary N) is 1. The van der Waals surface area contributed by atoms with Crippen LogP contribution in [0, 0.1) is 0 Å². The van der Waals surface area contributed by atoms with Gasteiger partial charge in [0.25, 0.3) is 0 Å². The molecule has 0 spiro atoms. The minimum Gasteiger partial charge on any atom is -0.300 e. The molecule has 6 heteroatoms. The maximum absolute atomic E-state index is 12.1. The number of sulfonamides is 1. The smallest absolute Gasteiger partial charge is 0.233 e. The second kappa shape index (κ2) is 6.71. The van der Waals surface area contributed by atoms with Gasteiger partial charge in [-0.05, 0) is 56.5 Å². The highest BCUT2D eigenvalue weighted by molar-refractivity contribution is 7.92. The molecule has 120 valence electrons. The zero-order valence-electron chi connectivity index (χ0n) is 12.4. The van der Waals surface area contributed by atoms with Crippen LogP contribution >= 0.6 is 11.6 Å². The quantitative estimate of drug-likeness (QED) is 0.896. The molecule has 2 aliphatic rings. The van der Waals surface area contributed by atoms with Crippen molar-refractivity contribution < 1.29 is 8.42 Å². The maximum Gasteiger partial charge on any atom is 0.233 e. The fraction of sp³-hybridized carbons (Fsp3) is 0.500. The molecule has 1 aromatic rings. The van der Waals surface area contributed by atoms with E-state index in [1.165, 1.54) is 18.2 Å². The number of nitrogens with zero attached hydrogens (tertiary/aromatic N) is 1. The summed E-state index contributed by atoms with van der Waals surface area (Å²) in [5.74, 6) is 0. The van der Waals surface area contributed by atoms with E-state index in [4.69, 9.17) is 11.6 Å². The third kappa shape index (κ3) is 3.90. The largest absolute Gasteiger partial charge is 0.300 e. The molecular weight excluding hydrogens is 320 g/mol. The predicted octanol–water partition coefficient (Wildman–Crippen LogP) is 2.86. The van der Waals surface area contributed by atoms with Crippen molar-refractivity contribution in [3.8, 4) is 0 Å². The van der Waals surface area contributed by atoms with Crippen LogP contribution in [0.25, 0.3) is 6.08 Å². The van der Waals surface area contributed by atoms with Gasteiger partial charge in [-0.15, -0.1) is 0 Å².